The summed E-state index contributed by atoms with van der Waals surface area (Å²) in [5.41, 5.74) is 0.796. The lowest BCUT2D eigenvalue weighted by atomic mass is 10.2. The number of carbonyl (C=O) groups excluding carboxylic acids is 1. The lowest BCUT2D eigenvalue weighted by Crippen LogP contribution is -2.46. The first-order chi connectivity index (χ1) is 12.5. The van der Waals surface area contributed by atoms with Gasteiger partial charge in [-0.05, 0) is 30.7 Å². The topological polar surface area (TPSA) is 79.4 Å². The minimum atomic E-state index is -3.36. The molecule has 6 nitrogen and oxygen atoms in total. The van der Waals surface area contributed by atoms with Crippen molar-refractivity contribution in [3.63, 3.8) is 0 Å². The maximum absolute atomic E-state index is 12.5. The molecule has 1 aliphatic rings. The number of hydrogen-bond acceptors (Lipinski definition) is 6. The number of nitrogens with zero attached hydrogens (tertiary/aromatic N) is 2. The van der Waals surface area contributed by atoms with Gasteiger partial charge in [0, 0.05) is 11.9 Å². The van der Waals surface area contributed by atoms with Crippen LogP contribution in [0.5, 0.6) is 0 Å². The molecule has 1 N–H and O–H groups in total. The molecule has 1 saturated heterocycles. The quantitative estimate of drug-likeness (QED) is 0.721. The Morgan fingerprint density at radius 1 is 1.42 bits per heavy atom. The molecule has 0 radical (unpaired) electrons. The number of amides is 1. The molecule has 3 rings (SSSR count). The van der Waals surface area contributed by atoms with Crippen molar-refractivity contribution < 1.29 is 13.2 Å². The van der Waals surface area contributed by atoms with Gasteiger partial charge < -0.3 is 5.32 Å². The Labute approximate surface area is 162 Å². The van der Waals surface area contributed by atoms with Gasteiger partial charge in [-0.2, -0.15) is 4.31 Å². The van der Waals surface area contributed by atoms with Crippen molar-refractivity contribution >= 4 is 38.6 Å². The molecule has 0 aliphatic carbocycles. The highest BCUT2D eigenvalue weighted by atomic mass is 32.2. The van der Waals surface area contributed by atoms with E-state index in [1.165, 1.54) is 4.31 Å². The molecule has 1 aliphatic heterocycles. The third kappa shape index (κ3) is 4.51. The molecule has 0 aromatic carbocycles. The number of rotatable bonds is 8. The Kier molecular flexibility index (Phi) is 6.44. The van der Waals surface area contributed by atoms with Crippen LogP contribution in [0.1, 0.15) is 38.3 Å². The normalized spacial score (nSPS) is 18.3. The van der Waals surface area contributed by atoms with E-state index in [0.29, 0.717) is 25.9 Å². The summed E-state index contributed by atoms with van der Waals surface area (Å²) >= 11 is 3.18. The van der Waals surface area contributed by atoms with E-state index in [2.05, 4.69) is 10.3 Å². The second-order valence-corrected chi connectivity index (χ2v) is 10.1. The summed E-state index contributed by atoms with van der Waals surface area (Å²) in [6.45, 7) is 2.71. The molecular weight excluding hydrogens is 390 g/mol. The molecule has 0 saturated carbocycles. The summed E-state index contributed by atoms with van der Waals surface area (Å²) < 4.78 is 26.3. The molecule has 1 unspecified atom stereocenters. The molecule has 1 amide bonds. The first-order valence-electron chi connectivity index (χ1n) is 8.77. The summed E-state index contributed by atoms with van der Waals surface area (Å²) in [6, 6.07) is 3.41. The first kappa shape index (κ1) is 19.5. The van der Waals surface area contributed by atoms with Gasteiger partial charge in [-0.25, -0.2) is 13.4 Å². The number of carbonyl (C=O) groups is 1. The van der Waals surface area contributed by atoms with Gasteiger partial charge in [0.25, 0.3) is 0 Å². The second kappa shape index (κ2) is 8.60. The average molecular weight is 414 g/mol. The van der Waals surface area contributed by atoms with Crippen LogP contribution in [-0.4, -0.2) is 42.0 Å². The third-order valence-corrected chi connectivity index (χ3v) is 8.23. The maximum atomic E-state index is 12.5. The van der Waals surface area contributed by atoms with Crippen LogP contribution >= 0.6 is 22.7 Å². The van der Waals surface area contributed by atoms with Crippen LogP contribution < -0.4 is 5.32 Å². The van der Waals surface area contributed by atoms with E-state index in [-0.39, 0.29) is 11.7 Å². The van der Waals surface area contributed by atoms with E-state index >= 15 is 0 Å². The number of aromatic nitrogens is 1. The van der Waals surface area contributed by atoms with Crippen LogP contribution in [0.4, 0.5) is 0 Å². The Morgan fingerprint density at radius 2 is 2.27 bits per heavy atom. The number of nitrogens with one attached hydrogen (secondary N) is 1. The van der Waals surface area contributed by atoms with Gasteiger partial charge in [-0.3, -0.25) is 4.79 Å². The van der Waals surface area contributed by atoms with Crippen molar-refractivity contribution in [2.45, 2.75) is 45.2 Å². The van der Waals surface area contributed by atoms with Gasteiger partial charge in [0.1, 0.15) is 11.0 Å². The third-order valence-electron chi connectivity index (χ3n) is 4.35. The number of thiazole rings is 1. The largest absolute Gasteiger partial charge is 0.349 e. The minimum absolute atomic E-state index is 0.115. The number of sulfonamides is 1. The first-order valence-corrected chi connectivity index (χ1v) is 12.1. The van der Waals surface area contributed by atoms with Gasteiger partial charge in [0.05, 0.1) is 22.9 Å². The van der Waals surface area contributed by atoms with E-state index in [1.54, 1.807) is 22.7 Å². The summed E-state index contributed by atoms with van der Waals surface area (Å²) in [6.07, 6.45) is 2.75. The Hall–Kier alpha value is -1.29. The monoisotopic (exact) mass is 413 g/mol. The van der Waals surface area contributed by atoms with E-state index in [9.17, 15) is 13.2 Å². The van der Waals surface area contributed by atoms with Crippen LogP contribution in [-0.2, 0) is 21.4 Å². The van der Waals surface area contributed by atoms with Crippen molar-refractivity contribution in [1.29, 1.82) is 0 Å². The van der Waals surface area contributed by atoms with E-state index in [0.717, 1.165) is 28.4 Å². The molecule has 3 heterocycles. The molecule has 0 spiro atoms. The average Bonchev–Trinajstić information content (AvgIpc) is 3.38. The van der Waals surface area contributed by atoms with Crippen molar-refractivity contribution in [2.75, 3.05) is 12.3 Å². The fraction of sp³-hybridized carbons (Fsp3) is 0.529. The van der Waals surface area contributed by atoms with E-state index < -0.39 is 16.1 Å². The highest BCUT2D eigenvalue weighted by molar-refractivity contribution is 7.89. The lowest BCUT2D eigenvalue weighted by molar-refractivity contribution is -0.124. The fourth-order valence-electron chi connectivity index (χ4n) is 2.98. The zero-order valence-corrected chi connectivity index (χ0v) is 17.1. The predicted molar refractivity (Wildman–Crippen MR) is 106 cm³/mol. The van der Waals surface area contributed by atoms with E-state index in [4.69, 9.17) is 0 Å². The van der Waals surface area contributed by atoms with Crippen LogP contribution in [0.2, 0.25) is 0 Å². The maximum Gasteiger partial charge on any atom is 0.238 e. The molecule has 1 fully saturated rings. The molecule has 142 valence electrons. The van der Waals surface area contributed by atoms with Crippen LogP contribution in [0.25, 0.3) is 9.88 Å². The summed E-state index contributed by atoms with van der Waals surface area (Å²) in [7, 11) is -3.36. The van der Waals surface area contributed by atoms with Crippen LogP contribution in [0.15, 0.2) is 22.9 Å². The Balaban J connectivity index is 1.59. The molecular formula is C17H23N3O3S3. The summed E-state index contributed by atoms with van der Waals surface area (Å²) in [5, 5.41) is 7.74. The predicted octanol–water partition coefficient (Wildman–Crippen LogP) is 3.08. The van der Waals surface area contributed by atoms with Crippen molar-refractivity contribution in [2.24, 2.45) is 0 Å². The zero-order chi connectivity index (χ0) is 18.6. The molecule has 26 heavy (non-hydrogen) atoms. The molecule has 1 atom stereocenters. The highest BCUT2D eigenvalue weighted by Gasteiger charge is 2.38. The summed E-state index contributed by atoms with van der Waals surface area (Å²) in [4.78, 5) is 18.2. The van der Waals surface area contributed by atoms with Gasteiger partial charge in [-0.1, -0.05) is 19.4 Å². The van der Waals surface area contributed by atoms with Crippen molar-refractivity contribution in [3.8, 4) is 9.88 Å². The van der Waals surface area contributed by atoms with Crippen LogP contribution in [0, 0.1) is 0 Å². The second-order valence-electron chi connectivity index (χ2n) is 6.28. The number of hydrogen-bond donors (Lipinski definition) is 1. The van der Waals surface area contributed by atoms with Crippen LogP contribution in [0.3, 0.4) is 0 Å². The highest BCUT2D eigenvalue weighted by Crippen LogP contribution is 2.28. The molecule has 0 bridgehead atoms. The SMILES string of the molecule is CCCCS(=O)(=O)N1CCCC1C(=O)NCc1csc(-c2cccs2)n1. The summed E-state index contributed by atoms with van der Waals surface area (Å²) in [5.74, 6) is -0.114. The fourth-order valence-corrected chi connectivity index (χ4v) is 6.49. The minimum Gasteiger partial charge on any atom is -0.349 e. The van der Waals surface area contributed by atoms with Gasteiger partial charge in [-0.15, -0.1) is 22.7 Å². The van der Waals surface area contributed by atoms with Crippen molar-refractivity contribution in [3.05, 3.63) is 28.6 Å². The van der Waals surface area contributed by atoms with E-state index in [1.807, 2.05) is 29.8 Å². The Morgan fingerprint density at radius 3 is 3.00 bits per heavy atom. The molecule has 2 aromatic rings. The smallest absolute Gasteiger partial charge is 0.238 e. The molecule has 2 aromatic heterocycles. The van der Waals surface area contributed by atoms with Gasteiger partial charge in [0.2, 0.25) is 15.9 Å². The molecule has 9 heteroatoms. The van der Waals surface area contributed by atoms with Gasteiger partial charge in [0.15, 0.2) is 0 Å². The van der Waals surface area contributed by atoms with Crippen molar-refractivity contribution in [1.82, 2.24) is 14.6 Å². The van der Waals surface area contributed by atoms with Gasteiger partial charge >= 0.3 is 0 Å². The lowest BCUT2D eigenvalue weighted by Gasteiger charge is -2.23. The zero-order valence-electron chi connectivity index (χ0n) is 14.7. The Bertz CT molecular complexity index is 831. The standard InChI is InChI=1S/C17H23N3O3S3/c1-2-3-10-26(22,23)20-8-4-6-14(20)16(21)18-11-13-12-25-17(19-13)15-7-5-9-24-15/h5,7,9,12,14H,2-4,6,8,10-11H2,1H3,(H,18,21). The number of unbranched alkanes of at least 4 members (excludes halogenated alkanes) is 1. The number of thiophene rings is 1.